The van der Waals surface area contributed by atoms with Crippen LogP contribution in [0.15, 0.2) is 84.0 Å². The number of non-ortho nitro benzene ring substituents is 1. The third-order valence-corrected chi connectivity index (χ3v) is 4.71. The number of aryl methyl sites for hydroxylation is 1. The number of imidazole rings is 1. The van der Waals surface area contributed by atoms with Crippen LogP contribution < -0.4 is 5.43 Å². The van der Waals surface area contributed by atoms with Crippen molar-refractivity contribution < 1.29 is 4.92 Å². The molecular formula is C22H19N5O2. The second-order valence-corrected chi connectivity index (χ2v) is 6.59. The fourth-order valence-electron chi connectivity index (χ4n) is 3.13. The zero-order chi connectivity index (χ0) is 20.2. The molecule has 4 rings (SSSR count). The lowest BCUT2D eigenvalue weighted by Gasteiger charge is -2.09. The highest BCUT2D eigenvalue weighted by molar-refractivity contribution is 6.02. The Bertz CT molecular complexity index is 1180. The number of nitro groups is 1. The third-order valence-electron chi connectivity index (χ3n) is 4.71. The molecule has 7 heteroatoms. The molecule has 0 atom stereocenters. The Hall–Kier alpha value is -4.00. The van der Waals surface area contributed by atoms with E-state index in [1.165, 1.54) is 12.1 Å². The van der Waals surface area contributed by atoms with Gasteiger partial charge in [-0.25, -0.2) is 4.98 Å². The van der Waals surface area contributed by atoms with Crippen LogP contribution in [0.2, 0.25) is 0 Å². The molecule has 0 fully saturated rings. The molecular weight excluding hydrogens is 366 g/mol. The summed E-state index contributed by atoms with van der Waals surface area (Å²) in [6, 6.07) is 24.1. The van der Waals surface area contributed by atoms with Crippen molar-refractivity contribution >= 4 is 28.1 Å². The monoisotopic (exact) mass is 385 g/mol. The number of benzene rings is 3. The molecule has 1 aromatic heterocycles. The number of fused-ring (bicyclic) bond motifs is 1. The minimum atomic E-state index is -0.422. The first kappa shape index (κ1) is 18.4. The lowest BCUT2D eigenvalue weighted by Crippen LogP contribution is -2.12. The molecule has 0 saturated heterocycles. The predicted octanol–water partition coefficient (Wildman–Crippen LogP) is 4.54. The molecule has 3 aromatic carbocycles. The van der Waals surface area contributed by atoms with Gasteiger partial charge in [-0.05, 0) is 29.8 Å². The van der Waals surface area contributed by atoms with Gasteiger partial charge in [0.05, 0.1) is 33.8 Å². The van der Waals surface area contributed by atoms with Gasteiger partial charge in [-0.2, -0.15) is 5.10 Å². The Kier molecular flexibility index (Phi) is 5.03. The summed E-state index contributed by atoms with van der Waals surface area (Å²) in [4.78, 5) is 15.1. The SMILES string of the molecule is Cn1c(CC(=NNc2ccc([N+](=O)[O-])cc2)c2ccccc2)nc2ccccc21. The summed E-state index contributed by atoms with van der Waals surface area (Å²) < 4.78 is 2.07. The van der Waals surface area contributed by atoms with Crippen molar-refractivity contribution in [2.75, 3.05) is 5.43 Å². The highest BCUT2D eigenvalue weighted by Crippen LogP contribution is 2.18. The minimum Gasteiger partial charge on any atom is -0.331 e. The molecule has 1 heterocycles. The van der Waals surface area contributed by atoms with E-state index in [1.54, 1.807) is 12.1 Å². The summed E-state index contributed by atoms with van der Waals surface area (Å²) in [5.41, 5.74) is 7.55. The zero-order valence-electron chi connectivity index (χ0n) is 15.8. The Morgan fingerprint density at radius 3 is 2.41 bits per heavy atom. The van der Waals surface area contributed by atoms with Crippen molar-refractivity contribution in [3.8, 4) is 0 Å². The largest absolute Gasteiger partial charge is 0.331 e. The first-order valence-corrected chi connectivity index (χ1v) is 9.14. The number of nitrogens with one attached hydrogen (secondary N) is 1. The molecule has 7 nitrogen and oxygen atoms in total. The van der Waals surface area contributed by atoms with Crippen molar-refractivity contribution in [3.63, 3.8) is 0 Å². The summed E-state index contributed by atoms with van der Waals surface area (Å²) in [5, 5.41) is 15.4. The van der Waals surface area contributed by atoms with Gasteiger partial charge < -0.3 is 4.57 Å². The second kappa shape index (κ2) is 7.93. The molecule has 0 aliphatic heterocycles. The smallest absolute Gasteiger partial charge is 0.269 e. The molecule has 0 aliphatic carbocycles. The van der Waals surface area contributed by atoms with Crippen LogP contribution in [-0.2, 0) is 13.5 Å². The standard InChI is InChI=1S/C22H19N5O2/c1-26-21-10-6-5-9-19(21)23-22(26)15-20(16-7-3-2-4-8-16)25-24-17-11-13-18(14-12-17)27(28)29/h2-14,24H,15H2,1H3. The molecule has 0 radical (unpaired) electrons. The number of nitro benzene ring substituents is 1. The van der Waals surface area contributed by atoms with Gasteiger partial charge in [0, 0.05) is 19.2 Å². The van der Waals surface area contributed by atoms with Crippen LogP contribution >= 0.6 is 0 Å². The van der Waals surface area contributed by atoms with Crippen molar-refractivity contribution in [3.05, 3.63) is 100 Å². The molecule has 0 bridgehead atoms. The average molecular weight is 385 g/mol. The average Bonchev–Trinajstić information content (AvgIpc) is 3.07. The van der Waals surface area contributed by atoms with E-state index in [4.69, 9.17) is 4.98 Å². The number of aromatic nitrogens is 2. The van der Waals surface area contributed by atoms with Crippen molar-refractivity contribution in [2.45, 2.75) is 6.42 Å². The van der Waals surface area contributed by atoms with Crippen molar-refractivity contribution in [1.29, 1.82) is 0 Å². The van der Waals surface area contributed by atoms with Crippen LogP contribution in [0.3, 0.4) is 0 Å². The molecule has 29 heavy (non-hydrogen) atoms. The molecule has 1 N–H and O–H groups in total. The summed E-state index contributed by atoms with van der Waals surface area (Å²) >= 11 is 0. The van der Waals surface area contributed by atoms with Gasteiger partial charge in [-0.1, -0.05) is 42.5 Å². The quantitative estimate of drug-likeness (QED) is 0.300. The molecule has 4 aromatic rings. The van der Waals surface area contributed by atoms with Crippen LogP contribution in [0.4, 0.5) is 11.4 Å². The van der Waals surface area contributed by atoms with E-state index in [2.05, 4.69) is 15.1 Å². The molecule has 0 amide bonds. The number of rotatable bonds is 6. The summed E-state index contributed by atoms with van der Waals surface area (Å²) in [5.74, 6) is 0.902. The maximum absolute atomic E-state index is 10.8. The maximum Gasteiger partial charge on any atom is 0.269 e. The van der Waals surface area contributed by atoms with Crippen LogP contribution in [0.25, 0.3) is 11.0 Å². The van der Waals surface area contributed by atoms with Gasteiger partial charge in [0.15, 0.2) is 0 Å². The topological polar surface area (TPSA) is 85.3 Å². The van der Waals surface area contributed by atoms with Gasteiger partial charge >= 0.3 is 0 Å². The van der Waals surface area contributed by atoms with E-state index >= 15 is 0 Å². The Balaban J connectivity index is 1.65. The van der Waals surface area contributed by atoms with Gasteiger partial charge in [-0.15, -0.1) is 0 Å². The number of anilines is 1. The van der Waals surface area contributed by atoms with E-state index in [1.807, 2.05) is 61.6 Å². The third kappa shape index (κ3) is 3.98. The Labute approximate surface area is 167 Å². The van der Waals surface area contributed by atoms with E-state index in [0.717, 1.165) is 28.1 Å². The minimum absolute atomic E-state index is 0.0440. The van der Waals surface area contributed by atoms with Gasteiger partial charge in [0.2, 0.25) is 0 Å². The highest BCUT2D eigenvalue weighted by atomic mass is 16.6. The van der Waals surface area contributed by atoms with E-state index in [0.29, 0.717) is 12.1 Å². The summed E-state index contributed by atoms with van der Waals surface area (Å²) in [6.45, 7) is 0. The number of hydrogen-bond acceptors (Lipinski definition) is 5. The highest BCUT2D eigenvalue weighted by Gasteiger charge is 2.12. The summed E-state index contributed by atoms with van der Waals surface area (Å²) in [7, 11) is 2.00. The fraction of sp³-hybridized carbons (Fsp3) is 0.0909. The van der Waals surface area contributed by atoms with Crippen molar-refractivity contribution in [1.82, 2.24) is 9.55 Å². The molecule has 144 valence electrons. The fourth-order valence-corrected chi connectivity index (χ4v) is 3.13. The van der Waals surface area contributed by atoms with Gasteiger partial charge in [0.1, 0.15) is 5.82 Å². The Morgan fingerprint density at radius 2 is 1.72 bits per heavy atom. The number of hydrogen-bond donors (Lipinski definition) is 1. The predicted molar refractivity (Wildman–Crippen MR) is 114 cm³/mol. The molecule has 0 saturated carbocycles. The Morgan fingerprint density at radius 1 is 1.03 bits per heavy atom. The maximum atomic E-state index is 10.8. The normalized spacial score (nSPS) is 11.6. The molecule has 0 unspecified atom stereocenters. The van der Waals surface area contributed by atoms with Crippen LogP contribution in [-0.4, -0.2) is 20.2 Å². The van der Waals surface area contributed by atoms with Gasteiger partial charge in [0.25, 0.3) is 5.69 Å². The van der Waals surface area contributed by atoms with E-state index < -0.39 is 4.92 Å². The van der Waals surface area contributed by atoms with Crippen LogP contribution in [0, 0.1) is 10.1 Å². The number of nitrogens with zero attached hydrogens (tertiary/aromatic N) is 4. The first-order valence-electron chi connectivity index (χ1n) is 9.14. The number of hydrazone groups is 1. The number of para-hydroxylation sites is 2. The summed E-state index contributed by atoms with van der Waals surface area (Å²) in [6.07, 6.45) is 0.537. The van der Waals surface area contributed by atoms with Gasteiger partial charge in [-0.3, -0.25) is 15.5 Å². The van der Waals surface area contributed by atoms with Crippen LogP contribution in [0.1, 0.15) is 11.4 Å². The second-order valence-electron chi connectivity index (χ2n) is 6.59. The van der Waals surface area contributed by atoms with E-state index in [-0.39, 0.29) is 5.69 Å². The lowest BCUT2D eigenvalue weighted by molar-refractivity contribution is -0.384. The van der Waals surface area contributed by atoms with Crippen LogP contribution in [0.5, 0.6) is 0 Å². The first-order chi connectivity index (χ1) is 14.1. The zero-order valence-corrected chi connectivity index (χ0v) is 15.8. The van der Waals surface area contributed by atoms with Crippen molar-refractivity contribution in [2.24, 2.45) is 12.1 Å². The molecule has 0 aliphatic rings. The van der Waals surface area contributed by atoms with E-state index in [9.17, 15) is 10.1 Å². The molecule has 0 spiro atoms. The lowest BCUT2D eigenvalue weighted by atomic mass is 10.1.